The van der Waals surface area contributed by atoms with Gasteiger partial charge in [-0.2, -0.15) is 4.98 Å². The Hall–Kier alpha value is -1.43. The van der Waals surface area contributed by atoms with Gasteiger partial charge in [-0.15, -0.1) is 0 Å². The number of carbonyl (C=O) groups is 1. The van der Waals surface area contributed by atoms with Crippen molar-refractivity contribution in [2.75, 3.05) is 19.7 Å². The topological polar surface area (TPSA) is 79.5 Å². The van der Waals surface area contributed by atoms with E-state index >= 15 is 0 Å². The summed E-state index contributed by atoms with van der Waals surface area (Å²) in [4.78, 5) is 17.9. The fourth-order valence-corrected chi connectivity index (χ4v) is 2.01. The van der Waals surface area contributed by atoms with Gasteiger partial charge in [-0.25, -0.2) is 0 Å². The van der Waals surface area contributed by atoms with Crippen molar-refractivity contribution >= 4 is 5.91 Å². The molecule has 0 atom stereocenters. The Bertz CT molecular complexity index is 408. The zero-order valence-corrected chi connectivity index (χ0v) is 10.8. The molecular weight excluding hydrogens is 234 g/mol. The summed E-state index contributed by atoms with van der Waals surface area (Å²) >= 11 is 0. The summed E-state index contributed by atoms with van der Waals surface area (Å²) in [6.45, 7) is 5.38. The van der Waals surface area contributed by atoms with E-state index in [4.69, 9.17) is 9.63 Å². The van der Waals surface area contributed by atoms with Crippen molar-refractivity contribution in [3.8, 4) is 0 Å². The first-order valence-corrected chi connectivity index (χ1v) is 6.35. The van der Waals surface area contributed by atoms with Gasteiger partial charge in [0.1, 0.15) is 0 Å². The van der Waals surface area contributed by atoms with Crippen molar-refractivity contribution in [1.82, 2.24) is 15.0 Å². The molecule has 100 valence electrons. The Morgan fingerprint density at radius 3 is 2.67 bits per heavy atom. The summed E-state index contributed by atoms with van der Waals surface area (Å²) in [6.07, 6.45) is 1.65. The predicted molar refractivity (Wildman–Crippen MR) is 64.1 cm³/mol. The van der Waals surface area contributed by atoms with Gasteiger partial charge in [0.15, 0.2) is 5.82 Å². The smallest absolute Gasteiger partial charge is 0.316 e. The number of aliphatic hydroxyl groups is 1. The van der Waals surface area contributed by atoms with E-state index in [0.717, 1.165) is 12.8 Å². The number of aliphatic hydroxyl groups excluding tert-OH is 1. The van der Waals surface area contributed by atoms with Crippen molar-refractivity contribution in [2.24, 2.45) is 5.92 Å². The molecule has 0 bridgehead atoms. The summed E-state index contributed by atoms with van der Waals surface area (Å²) in [5.74, 6) is 0.883. The van der Waals surface area contributed by atoms with Crippen LogP contribution in [0.3, 0.4) is 0 Å². The Balaban J connectivity index is 1.98. The van der Waals surface area contributed by atoms with Gasteiger partial charge in [0.25, 0.3) is 0 Å². The fourth-order valence-electron chi connectivity index (χ4n) is 2.01. The van der Waals surface area contributed by atoms with Gasteiger partial charge in [-0.05, 0) is 18.8 Å². The molecule has 2 rings (SSSR count). The Kier molecular flexibility index (Phi) is 3.96. The van der Waals surface area contributed by atoms with Gasteiger partial charge in [0, 0.05) is 25.6 Å². The van der Waals surface area contributed by atoms with Crippen LogP contribution in [0.2, 0.25) is 0 Å². The molecule has 1 saturated heterocycles. The highest BCUT2D eigenvalue weighted by molar-refractivity contribution is 5.89. The van der Waals surface area contributed by atoms with Crippen LogP contribution in [0.15, 0.2) is 4.52 Å². The quantitative estimate of drug-likeness (QED) is 0.870. The number of aromatic nitrogens is 2. The van der Waals surface area contributed by atoms with Crippen LogP contribution in [0, 0.1) is 5.92 Å². The minimum atomic E-state index is -0.203. The number of piperidine rings is 1. The van der Waals surface area contributed by atoms with Crippen LogP contribution in [0.25, 0.3) is 0 Å². The van der Waals surface area contributed by atoms with Crippen molar-refractivity contribution in [1.29, 1.82) is 0 Å². The Morgan fingerprint density at radius 1 is 1.50 bits per heavy atom. The van der Waals surface area contributed by atoms with E-state index in [9.17, 15) is 4.79 Å². The van der Waals surface area contributed by atoms with Crippen LogP contribution in [0.4, 0.5) is 0 Å². The van der Waals surface area contributed by atoms with E-state index < -0.39 is 0 Å². The second-order valence-corrected chi connectivity index (χ2v) is 5.03. The number of amides is 1. The normalized spacial score (nSPS) is 17.4. The summed E-state index contributed by atoms with van der Waals surface area (Å²) in [5.41, 5.74) is 0. The number of nitrogens with zero attached hydrogens (tertiary/aromatic N) is 3. The SMILES string of the molecule is CC(C)c1noc(C(=O)N2CCC(CO)CC2)n1. The average Bonchev–Trinajstić information content (AvgIpc) is 2.88. The number of rotatable bonds is 3. The molecule has 0 saturated carbocycles. The molecular formula is C12H19N3O3. The molecule has 0 unspecified atom stereocenters. The lowest BCUT2D eigenvalue weighted by atomic mass is 9.98. The molecule has 18 heavy (non-hydrogen) atoms. The highest BCUT2D eigenvalue weighted by atomic mass is 16.5. The van der Waals surface area contributed by atoms with E-state index in [1.807, 2.05) is 13.8 Å². The monoisotopic (exact) mass is 253 g/mol. The first-order chi connectivity index (χ1) is 8.61. The highest BCUT2D eigenvalue weighted by Gasteiger charge is 2.27. The van der Waals surface area contributed by atoms with E-state index in [2.05, 4.69) is 10.1 Å². The largest absolute Gasteiger partial charge is 0.396 e. The van der Waals surface area contributed by atoms with Crippen LogP contribution >= 0.6 is 0 Å². The standard InChI is InChI=1S/C12H19N3O3/c1-8(2)10-13-11(18-14-10)12(17)15-5-3-9(7-16)4-6-15/h8-9,16H,3-7H2,1-2H3. The second-order valence-electron chi connectivity index (χ2n) is 5.03. The van der Waals surface area contributed by atoms with Gasteiger partial charge < -0.3 is 14.5 Å². The minimum Gasteiger partial charge on any atom is -0.396 e. The first kappa shape index (κ1) is 13.0. The third-order valence-corrected chi connectivity index (χ3v) is 3.30. The molecule has 0 radical (unpaired) electrons. The van der Waals surface area contributed by atoms with Gasteiger partial charge in [-0.3, -0.25) is 4.79 Å². The van der Waals surface area contributed by atoms with E-state index in [-0.39, 0.29) is 24.3 Å². The molecule has 1 aliphatic rings. The summed E-state index contributed by atoms with van der Waals surface area (Å²) in [5, 5.41) is 12.8. The summed E-state index contributed by atoms with van der Waals surface area (Å²) in [7, 11) is 0. The number of likely N-dealkylation sites (tertiary alicyclic amines) is 1. The van der Waals surface area contributed by atoms with E-state index in [1.54, 1.807) is 4.90 Å². The first-order valence-electron chi connectivity index (χ1n) is 6.35. The second kappa shape index (κ2) is 5.48. The zero-order valence-electron chi connectivity index (χ0n) is 10.8. The number of hydrogen-bond acceptors (Lipinski definition) is 5. The number of carbonyl (C=O) groups excluding carboxylic acids is 1. The Labute approximate surface area is 106 Å². The van der Waals surface area contributed by atoms with Gasteiger partial charge >= 0.3 is 11.8 Å². The molecule has 6 heteroatoms. The summed E-state index contributed by atoms with van der Waals surface area (Å²) in [6, 6.07) is 0. The average molecular weight is 253 g/mol. The van der Waals surface area contributed by atoms with Gasteiger partial charge in [0.2, 0.25) is 0 Å². The van der Waals surface area contributed by atoms with Gasteiger partial charge in [0.05, 0.1) is 0 Å². The molecule has 1 aromatic rings. The molecule has 0 aromatic carbocycles. The van der Waals surface area contributed by atoms with Gasteiger partial charge in [-0.1, -0.05) is 19.0 Å². The lowest BCUT2D eigenvalue weighted by Crippen LogP contribution is -2.39. The lowest BCUT2D eigenvalue weighted by Gasteiger charge is -2.29. The third kappa shape index (κ3) is 2.69. The molecule has 2 heterocycles. The van der Waals surface area contributed by atoms with E-state index in [1.165, 1.54) is 0 Å². The molecule has 1 N–H and O–H groups in total. The van der Waals surface area contributed by atoms with E-state index in [0.29, 0.717) is 24.8 Å². The van der Waals surface area contributed by atoms with Crippen LogP contribution in [-0.2, 0) is 0 Å². The maximum atomic E-state index is 12.1. The highest BCUT2D eigenvalue weighted by Crippen LogP contribution is 2.18. The van der Waals surface area contributed by atoms with Crippen molar-refractivity contribution in [3.05, 3.63) is 11.7 Å². The molecule has 1 aromatic heterocycles. The maximum Gasteiger partial charge on any atom is 0.316 e. The predicted octanol–water partition coefficient (Wildman–Crippen LogP) is 1.04. The van der Waals surface area contributed by atoms with Crippen LogP contribution in [0.5, 0.6) is 0 Å². The third-order valence-electron chi connectivity index (χ3n) is 3.30. The molecule has 1 fully saturated rings. The maximum absolute atomic E-state index is 12.1. The fraction of sp³-hybridized carbons (Fsp3) is 0.750. The zero-order chi connectivity index (χ0) is 13.1. The van der Waals surface area contributed by atoms with Crippen molar-refractivity contribution < 1.29 is 14.4 Å². The van der Waals surface area contributed by atoms with Crippen molar-refractivity contribution in [2.45, 2.75) is 32.6 Å². The Morgan fingerprint density at radius 2 is 2.17 bits per heavy atom. The molecule has 6 nitrogen and oxygen atoms in total. The molecule has 1 aliphatic heterocycles. The lowest BCUT2D eigenvalue weighted by molar-refractivity contribution is 0.0603. The molecule has 1 amide bonds. The van der Waals surface area contributed by atoms with Crippen LogP contribution < -0.4 is 0 Å². The summed E-state index contributed by atoms with van der Waals surface area (Å²) < 4.78 is 4.99. The molecule has 0 aliphatic carbocycles. The van der Waals surface area contributed by atoms with Crippen LogP contribution in [0.1, 0.15) is 49.1 Å². The number of hydrogen-bond donors (Lipinski definition) is 1. The molecule has 0 spiro atoms. The minimum absolute atomic E-state index is 0.0705. The van der Waals surface area contributed by atoms with Crippen LogP contribution in [-0.4, -0.2) is 45.8 Å². The van der Waals surface area contributed by atoms with Crippen molar-refractivity contribution in [3.63, 3.8) is 0 Å².